The van der Waals surface area contributed by atoms with Gasteiger partial charge in [0.05, 0.1) is 6.61 Å². The van der Waals surface area contributed by atoms with E-state index in [1.54, 1.807) is 0 Å². The number of hydrogen-bond donors (Lipinski definition) is 5. The molecule has 0 saturated carbocycles. The number of rotatable bonds is 5. The average Bonchev–Trinajstić information content (AvgIpc) is 2.12. The summed E-state index contributed by atoms with van der Waals surface area (Å²) < 4.78 is 0. The quantitative estimate of drug-likeness (QED) is 0.223. The normalized spacial score (nSPS) is 21.1. The predicted molar refractivity (Wildman–Crippen MR) is 37.2 cm³/mol. The van der Waals surface area contributed by atoms with Gasteiger partial charge in [0.1, 0.15) is 24.4 Å². The maximum atomic E-state index is 9.90. The fourth-order valence-corrected chi connectivity index (χ4v) is 0.618. The summed E-state index contributed by atoms with van der Waals surface area (Å²) in [5.74, 6) is 0. The molecule has 0 saturated heterocycles. The van der Waals surface area contributed by atoms with Gasteiger partial charge in [-0.1, -0.05) is 0 Å². The van der Waals surface area contributed by atoms with Crippen LogP contribution in [-0.2, 0) is 4.79 Å². The Balaban J connectivity index is 4.07. The molecule has 0 rings (SSSR count). The highest BCUT2D eigenvalue weighted by Gasteiger charge is 2.29. The fraction of sp³-hybridized carbons (Fsp3) is 0.833. The lowest BCUT2D eigenvalue weighted by molar-refractivity contribution is -0.136. The standard InChI is InChI=1S/C6H12O6/c7-1-3(9)5(11)6(12)4(10)2-8/h1,3-6,8-12H,2H2/t3-,4-,5-,6-/m1/s1/i1+1,3+1. The fourth-order valence-electron chi connectivity index (χ4n) is 0.618. The van der Waals surface area contributed by atoms with Gasteiger partial charge in [0.25, 0.3) is 0 Å². The molecule has 0 fully saturated rings. The number of hydrogen-bond acceptors (Lipinski definition) is 6. The number of carbonyl (C=O) groups is 1. The zero-order valence-corrected chi connectivity index (χ0v) is 6.24. The Labute approximate surface area is 68.7 Å². The summed E-state index contributed by atoms with van der Waals surface area (Å²) in [6.07, 6.45) is -6.84. The molecular formula is C6H12O6. The van der Waals surface area contributed by atoms with Crippen molar-refractivity contribution >= 4 is 6.29 Å². The van der Waals surface area contributed by atoms with Crippen molar-refractivity contribution in [3.05, 3.63) is 0 Å². The number of aliphatic hydroxyl groups excluding tert-OH is 5. The maximum absolute atomic E-state index is 9.90. The van der Waals surface area contributed by atoms with E-state index in [1.807, 2.05) is 0 Å². The molecule has 0 aromatic carbocycles. The van der Waals surface area contributed by atoms with Gasteiger partial charge in [-0.3, -0.25) is 0 Å². The second-order valence-corrected chi connectivity index (χ2v) is 2.36. The molecule has 0 radical (unpaired) electrons. The third kappa shape index (κ3) is 2.84. The van der Waals surface area contributed by atoms with E-state index >= 15 is 0 Å². The molecule has 0 heterocycles. The summed E-state index contributed by atoms with van der Waals surface area (Å²) in [5, 5.41) is 43.5. The molecule has 0 aliphatic heterocycles. The molecule has 0 aromatic heterocycles. The second-order valence-electron chi connectivity index (χ2n) is 2.36. The van der Waals surface area contributed by atoms with E-state index in [9.17, 15) is 4.79 Å². The molecule has 0 aliphatic carbocycles. The minimum absolute atomic E-state index is 0.0258. The van der Waals surface area contributed by atoms with Gasteiger partial charge < -0.3 is 30.3 Å². The summed E-state index contributed by atoms with van der Waals surface area (Å²) >= 11 is 0. The van der Waals surface area contributed by atoms with Crippen LogP contribution < -0.4 is 0 Å². The molecule has 0 bridgehead atoms. The van der Waals surface area contributed by atoms with Crippen molar-refractivity contribution in [1.29, 1.82) is 0 Å². The van der Waals surface area contributed by atoms with Crippen LogP contribution in [0.15, 0.2) is 0 Å². The SMILES string of the molecule is O=[13CH][13C@@H](O)[C@@H](O)[C@H](O)[C@H](O)CO. The van der Waals surface area contributed by atoms with Crippen molar-refractivity contribution in [1.82, 2.24) is 0 Å². The topological polar surface area (TPSA) is 118 Å². The molecule has 0 unspecified atom stereocenters. The minimum atomic E-state index is -1.79. The zero-order chi connectivity index (χ0) is 9.72. The molecule has 0 aliphatic rings. The molecular weight excluding hydrogens is 170 g/mol. The van der Waals surface area contributed by atoms with E-state index in [2.05, 4.69) is 0 Å². The Bertz CT molecular complexity index is 138. The van der Waals surface area contributed by atoms with E-state index in [-0.39, 0.29) is 6.29 Å². The molecule has 5 N–H and O–H groups in total. The van der Waals surface area contributed by atoms with Gasteiger partial charge in [-0.15, -0.1) is 0 Å². The predicted octanol–water partition coefficient (Wildman–Crippen LogP) is -3.38. The van der Waals surface area contributed by atoms with Crippen LogP contribution in [-0.4, -0.2) is 62.8 Å². The van der Waals surface area contributed by atoms with Crippen LogP contribution >= 0.6 is 0 Å². The van der Waals surface area contributed by atoms with Crippen molar-refractivity contribution in [3.8, 4) is 0 Å². The van der Waals surface area contributed by atoms with Crippen molar-refractivity contribution in [2.45, 2.75) is 24.4 Å². The summed E-state index contributed by atoms with van der Waals surface area (Å²) in [4.78, 5) is 9.90. The highest BCUT2D eigenvalue weighted by molar-refractivity contribution is 5.56. The van der Waals surface area contributed by atoms with Crippen LogP contribution in [0.2, 0.25) is 0 Å². The van der Waals surface area contributed by atoms with Crippen LogP contribution in [0.1, 0.15) is 0 Å². The Morgan fingerprint density at radius 3 is 1.92 bits per heavy atom. The smallest absolute Gasteiger partial charge is 0.151 e. The van der Waals surface area contributed by atoms with E-state index in [1.165, 1.54) is 0 Å². The molecule has 72 valence electrons. The molecule has 0 aromatic rings. The lowest BCUT2D eigenvalue weighted by Crippen LogP contribution is -2.46. The molecule has 0 amide bonds. The van der Waals surface area contributed by atoms with Gasteiger partial charge >= 0.3 is 0 Å². The molecule has 0 spiro atoms. The van der Waals surface area contributed by atoms with Gasteiger partial charge in [0.15, 0.2) is 6.29 Å². The van der Waals surface area contributed by atoms with E-state index in [4.69, 9.17) is 25.5 Å². The van der Waals surface area contributed by atoms with Crippen LogP contribution in [0, 0.1) is 0 Å². The maximum Gasteiger partial charge on any atom is 0.151 e. The van der Waals surface area contributed by atoms with Gasteiger partial charge in [-0.25, -0.2) is 0 Å². The number of aliphatic hydroxyl groups is 5. The minimum Gasteiger partial charge on any atom is -0.394 e. The molecule has 12 heavy (non-hydrogen) atoms. The Morgan fingerprint density at radius 1 is 1.08 bits per heavy atom. The van der Waals surface area contributed by atoms with E-state index in [0.29, 0.717) is 0 Å². The molecule has 6 heteroatoms. The monoisotopic (exact) mass is 182 g/mol. The summed E-state index contributed by atoms with van der Waals surface area (Å²) in [6.45, 7) is -0.760. The van der Waals surface area contributed by atoms with E-state index in [0.717, 1.165) is 0 Å². The van der Waals surface area contributed by atoms with Gasteiger partial charge in [0.2, 0.25) is 0 Å². The summed E-state index contributed by atoms with van der Waals surface area (Å²) in [7, 11) is 0. The first kappa shape index (κ1) is 11.5. The van der Waals surface area contributed by atoms with Gasteiger partial charge in [-0.05, 0) is 0 Å². The highest BCUT2D eigenvalue weighted by Crippen LogP contribution is 2.02. The van der Waals surface area contributed by atoms with Crippen LogP contribution in [0.25, 0.3) is 0 Å². The van der Waals surface area contributed by atoms with Gasteiger partial charge in [-0.2, -0.15) is 0 Å². The Hall–Kier alpha value is -0.530. The first-order chi connectivity index (χ1) is 5.54. The van der Waals surface area contributed by atoms with Crippen molar-refractivity contribution in [2.24, 2.45) is 0 Å². The zero-order valence-electron chi connectivity index (χ0n) is 6.24. The van der Waals surface area contributed by atoms with Crippen molar-refractivity contribution in [2.75, 3.05) is 6.61 Å². The van der Waals surface area contributed by atoms with Crippen LogP contribution in [0.4, 0.5) is 0 Å². The summed E-state index contributed by atoms with van der Waals surface area (Å²) in [5.41, 5.74) is 0. The molecule has 6 nitrogen and oxygen atoms in total. The Kier molecular flexibility index (Phi) is 4.95. The summed E-state index contributed by atoms with van der Waals surface area (Å²) in [6, 6.07) is 0. The number of carbonyl (C=O) groups excluding carboxylic acids is 1. The highest BCUT2D eigenvalue weighted by atomic mass is 16.4. The van der Waals surface area contributed by atoms with Crippen molar-refractivity contribution in [3.63, 3.8) is 0 Å². The van der Waals surface area contributed by atoms with Crippen LogP contribution in [0.3, 0.4) is 0 Å². The van der Waals surface area contributed by atoms with Crippen LogP contribution in [0.5, 0.6) is 0 Å². The Morgan fingerprint density at radius 2 is 1.58 bits per heavy atom. The second kappa shape index (κ2) is 5.18. The largest absolute Gasteiger partial charge is 0.394 e. The third-order valence-corrected chi connectivity index (χ3v) is 1.42. The lowest BCUT2D eigenvalue weighted by Gasteiger charge is -2.22. The third-order valence-electron chi connectivity index (χ3n) is 1.42. The van der Waals surface area contributed by atoms with E-state index < -0.39 is 31.0 Å². The molecule has 4 atom stereocenters. The van der Waals surface area contributed by atoms with Gasteiger partial charge in [0, 0.05) is 0 Å². The average molecular weight is 182 g/mol. The lowest BCUT2D eigenvalue weighted by atomic mass is 10.1. The first-order valence-corrected chi connectivity index (χ1v) is 3.33. The first-order valence-electron chi connectivity index (χ1n) is 3.33. The van der Waals surface area contributed by atoms with Crippen molar-refractivity contribution < 1.29 is 30.3 Å². The number of aldehydes is 1.